The molecule has 0 spiro atoms. The van der Waals surface area contributed by atoms with Gasteiger partial charge in [-0.2, -0.15) is 0 Å². The van der Waals surface area contributed by atoms with E-state index in [0.717, 1.165) is 6.54 Å². The van der Waals surface area contributed by atoms with Crippen LogP contribution in [0.3, 0.4) is 0 Å². The molecular weight excluding hydrogens is 228 g/mol. The average Bonchev–Trinajstić information content (AvgIpc) is 2.01. The quantitative estimate of drug-likeness (QED) is 0.675. The Hall–Kier alpha value is -0.420. The van der Waals surface area contributed by atoms with E-state index < -0.39 is 18.3 Å². The number of carboxylic acid groups (broad SMARTS) is 1. The van der Waals surface area contributed by atoms with Gasteiger partial charge in [-0.1, -0.05) is 13.8 Å². The summed E-state index contributed by atoms with van der Waals surface area (Å²) < 4.78 is 24.3. The second-order valence-corrected chi connectivity index (χ2v) is 3.67. The molecule has 0 aliphatic carbocycles. The fraction of sp³-hybridized carbons (Fsp3) is 0.889. The molecule has 0 radical (unpaired) electrons. The van der Waals surface area contributed by atoms with Gasteiger partial charge < -0.3 is 10.4 Å². The van der Waals surface area contributed by atoms with Crippen molar-refractivity contribution >= 4 is 18.4 Å². The molecule has 0 aromatic carbocycles. The Labute approximate surface area is 94.6 Å². The van der Waals surface area contributed by atoms with Crippen molar-refractivity contribution in [1.29, 1.82) is 0 Å². The summed E-state index contributed by atoms with van der Waals surface area (Å²) in [5.74, 6) is -2.54. The van der Waals surface area contributed by atoms with Crippen LogP contribution < -0.4 is 5.32 Å². The molecule has 0 saturated heterocycles. The van der Waals surface area contributed by atoms with Gasteiger partial charge in [0.1, 0.15) is 5.92 Å². The van der Waals surface area contributed by atoms with Crippen LogP contribution in [-0.4, -0.2) is 30.6 Å². The van der Waals surface area contributed by atoms with Crippen molar-refractivity contribution in [3.63, 3.8) is 0 Å². The lowest BCUT2D eigenvalue weighted by Gasteiger charge is -2.12. The van der Waals surface area contributed by atoms with E-state index in [9.17, 15) is 13.6 Å². The molecule has 15 heavy (non-hydrogen) atoms. The number of hydrogen-bond acceptors (Lipinski definition) is 2. The molecule has 6 heteroatoms. The van der Waals surface area contributed by atoms with Crippen molar-refractivity contribution in [2.45, 2.75) is 26.7 Å². The second kappa shape index (κ2) is 8.85. The van der Waals surface area contributed by atoms with E-state index in [2.05, 4.69) is 5.32 Å². The molecule has 0 rings (SSSR count). The fourth-order valence-electron chi connectivity index (χ4n) is 1.01. The number of carbonyl (C=O) groups is 1. The first-order chi connectivity index (χ1) is 6.45. The first-order valence-electron chi connectivity index (χ1n) is 4.66. The van der Waals surface area contributed by atoms with E-state index in [1.165, 1.54) is 0 Å². The minimum absolute atomic E-state index is 0. The van der Waals surface area contributed by atoms with Gasteiger partial charge in [-0.25, -0.2) is 8.78 Å². The fourth-order valence-corrected chi connectivity index (χ4v) is 1.01. The molecule has 92 valence electrons. The Bertz CT molecular complexity index is 179. The van der Waals surface area contributed by atoms with Crippen LogP contribution >= 0.6 is 12.4 Å². The number of nitrogens with one attached hydrogen (secondary N) is 1. The molecule has 0 fully saturated rings. The highest BCUT2D eigenvalue weighted by atomic mass is 35.5. The third-order valence-corrected chi connectivity index (χ3v) is 1.81. The SMILES string of the molecule is CC(C)CNCCC(C(=O)O)C(F)F.Cl. The maximum atomic E-state index is 12.1. The molecule has 0 bridgehead atoms. The summed E-state index contributed by atoms with van der Waals surface area (Å²) in [7, 11) is 0. The third-order valence-electron chi connectivity index (χ3n) is 1.81. The Balaban J connectivity index is 0. The number of carboxylic acids is 1. The minimum atomic E-state index is -2.78. The molecule has 0 aromatic heterocycles. The lowest BCUT2D eigenvalue weighted by molar-refractivity contribution is -0.147. The summed E-state index contributed by atoms with van der Waals surface area (Å²) in [6, 6.07) is 0. The molecule has 3 nitrogen and oxygen atoms in total. The number of aliphatic carboxylic acids is 1. The van der Waals surface area contributed by atoms with Gasteiger partial charge in [-0.05, 0) is 25.4 Å². The normalized spacial score (nSPS) is 12.7. The molecule has 0 saturated carbocycles. The zero-order valence-corrected chi connectivity index (χ0v) is 9.69. The first-order valence-corrected chi connectivity index (χ1v) is 4.66. The van der Waals surface area contributed by atoms with Crippen molar-refractivity contribution in [3.8, 4) is 0 Å². The molecule has 1 unspecified atom stereocenters. The van der Waals surface area contributed by atoms with E-state index in [-0.39, 0.29) is 18.8 Å². The molecule has 2 N–H and O–H groups in total. The van der Waals surface area contributed by atoms with E-state index in [4.69, 9.17) is 5.11 Å². The smallest absolute Gasteiger partial charge is 0.312 e. The number of alkyl halides is 2. The Morgan fingerprint density at radius 1 is 1.40 bits per heavy atom. The lowest BCUT2D eigenvalue weighted by Crippen LogP contribution is -2.28. The first kappa shape index (κ1) is 17.0. The number of rotatable bonds is 7. The number of halogens is 3. The molecular formula is C9H18ClF2NO2. The highest BCUT2D eigenvalue weighted by Gasteiger charge is 2.27. The third kappa shape index (κ3) is 8.57. The summed E-state index contributed by atoms with van der Waals surface area (Å²) >= 11 is 0. The molecule has 0 amide bonds. The predicted octanol–water partition coefficient (Wildman–Crippen LogP) is 2.01. The van der Waals surface area contributed by atoms with Crippen LogP contribution in [0, 0.1) is 11.8 Å². The Morgan fingerprint density at radius 2 is 1.93 bits per heavy atom. The van der Waals surface area contributed by atoms with Gasteiger partial charge in [-0.15, -0.1) is 12.4 Å². The summed E-state index contributed by atoms with van der Waals surface area (Å²) in [6.45, 7) is 5.03. The van der Waals surface area contributed by atoms with Crippen LogP contribution in [-0.2, 0) is 4.79 Å². The van der Waals surface area contributed by atoms with E-state index in [1.54, 1.807) is 0 Å². The van der Waals surface area contributed by atoms with Crippen LogP contribution in [0.25, 0.3) is 0 Å². The van der Waals surface area contributed by atoms with Gasteiger partial charge >= 0.3 is 5.97 Å². The van der Waals surface area contributed by atoms with E-state index in [1.807, 2.05) is 13.8 Å². The number of hydrogen-bond donors (Lipinski definition) is 2. The summed E-state index contributed by atoms with van der Waals surface area (Å²) in [5.41, 5.74) is 0. The van der Waals surface area contributed by atoms with Gasteiger partial charge in [-0.3, -0.25) is 4.79 Å². The largest absolute Gasteiger partial charge is 0.481 e. The van der Waals surface area contributed by atoms with Crippen LogP contribution in [0.1, 0.15) is 20.3 Å². The minimum Gasteiger partial charge on any atom is -0.481 e. The maximum Gasteiger partial charge on any atom is 0.312 e. The second-order valence-electron chi connectivity index (χ2n) is 3.67. The van der Waals surface area contributed by atoms with E-state index in [0.29, 0.717) is 12.5 Å². The Kier molecular flexibility index (Phi) is 10.0. The van der Waals surface area contributed by atoms with Crippen molar-refractivity contribution in [3.05, 3.63) is 0 Å². The summed E-state index contributed by atoms with van der Waals surface area (Å²) in [6.07, 6.45) is -2.81. The average molecular weight is 246 g/mol. The van der Waals surface area contributed by atoms with Gasteiger partial charge in [0.2, 0.25) is 0 Å². The van der Waals surface area contributed by atoms with Crippen molar-refractivity contribution in [1.82, 2.24) is 5.32 Å². The topological polar surface area (TPSA) is 49.3 Å². The van der Waals surface area contributed by atoms with Crippen molar-refractivity contribution < 1.29 is 18.7 Å². The van der Waals surface area contributed by atoms with Gasteiger partial charge in [0.05, 0.1) is 0 Å². The maximum absolute atomic E-state index is 12.1. The zero-order valence-electron chi connectivity index (χ0n) is 8.87. The highest BCUT2D eigenvalue weighted by Crippen LogP contribution is 2.13. The monoisotopic (exact) mass is 245 g/mol. The van der Waals surface area contributed by atoms with Gasteiger partial charge in [0.25, 0.3) is 6.43 Å². The highest BCUT2D eigenvalue weighted by molar-refractivity contribution is 5.85. The zero-order chi connectivity index (χ0) is 11.1. The Morgan fingerprint density at radius 3 is 2.27 bits per heavy atom. The molecule has 1 atom stereocenters. The van der Waals surface area contributed by atoms with Gasteiger partial charge in [0, 0.05) is 0 Å². The lowest BCUT2D eigenvalue weighted by atomic mass is 10.1. The predicted molar refractivity (Wildman–Crippen MR) is 56.7 cm³/mol. The van der Waals surface area contributed by atoms with Crippen molar-refractivity contribution in [2.75, 3.05) is 13.1 Å². The van der Waals surface area contributed by atoms with Crippen LogP contribution in [0.2, 0.25) is 0 Å². The molecule has 0 aromatic rings. The van der Waals surface area contributed by atoms with Gasteiger partial charge in [0.15, 0.2) is 0 Å². The standard InChI is InChI=1S/C9H17F2NO2.ClH/c1-6(2)5-12-4-3-7(8(10)11)9(13)14;/h6-8,12H,3-5H2,1-2H3,(H,13,14);1H. The van der Waals surface area contributed by atoms with E-state index >= 15 is 0 Å². The van der Waals surface area contributed by atoms with Crippen LogP contribution in [0.4, 0.5) is 8.78 Å². The molecule has 0 aliphatic heterocycles. The van der Waals surface area contributed by atoms with Crippen LogP contribution in [0.15, 0.2) is 0 Å². The molecule has 0 aliphatic rings. The van der Waals surface area contributed by atoms with Crippen molar-refractivity contribution in [2.24, 2.45) is 11.8 Å². The molecule has 0 heterocycles. The summed E-state index contributed by atoms with van der Waals surface area (Å²) in [4.78, 5) is 10.4. The summed E-state index contributed by atoms with van der Waals surface area (Å²) in [5, 5.41) is 11.4. The van der Waals surface area contributed by atoms with Crippen LogP contribution in [0.5, 0.6) is 0 Å².